The number of benzene rings is 12. The van der Waals surface area contributed by atoms with Crippen LogP contribution in [0.5, 0.6) is 34.5 Å². The Morgan fingerprint density at radius 1 is 0.234 bits per heavy atom. The fraction of sp³-hybridized carbons (Fsp3) is 0.383. The van der Waals surface area contributed by atoms with Crippen LogP contribution in [0.1, 0.15) is 340 Å². The van der Waals surface area contributed by atoms with Crippen LogP contribution in [0, 0.1) is 62.3 Å². The van der Waals surface area contributed by atoms with Crippen molar-refractivity contribution >= 4 is 0 Å². The molecule has 3 radical (unpaired) electrons. The molecule has 0 aliphatic rings. The molecule has 0 saturated carbocycles. The van der Waals surface area contributed by atoms with Gasteiger partial charge in [-0.3, -0.25) is 14.7 Å². The average molecular weight is 2190 g/mol. The zero-order valence-electron chi connectivity index (χ0n) is 94.9. The van der Waals surface area contributed by atoms with Crippen molar-refractivity contribution in [3.63, 3.8) is 0 Å². The van der Waals surface area contributed by atoms with Gasteiger partial charge in [0.15, 0.2) is 0 Å². The quantitative estimate of drug-likeness (QED) is 0.0346. The molecule has 6 N–H and O–H groups in total. The van der Waals surface area contributed by atoms with Gasteiger partial charge in [0.05, 0.1) is 0 Å². The number of hydrogen-bond acceptors (Lipinski definition) is 9. The first-order chi connectivity index (χ1) is 65.7. The van der Waals surface area contributed by atoms with Crippen molar-refractivity contribution in [2.24, 2.45) is 0 Å². The molecule has 0 amide bonds. The first kappa shape index (κ1) is 134. The van der Waals surface area contributed by atoms with E-state index < -0.39 is 0 Å². The van der Waals surface area contributed by atoms with Crippen LogP contribution in [0.2, 0.25) is 0 Å². The Balaban J connectivity index is 0.000000889. The van der Waals surface area contributed by atoms with E-state index in [9.17, 15) is 30.6 Å². The van der Waals surface area contributed by atoms with Gasteiger partial charge in [0, 0.05) is 85.7 Å². The topological polar surface area (TPSA) is 131 Å². The SMILES string of the molecule is C=CCCN(Cc1cc(C)cc(C(C)(C)C)c1O)Cc1cc(C(C)(C)C)cc(C(C)(C)C)c1O.C=CCN(Cc1cc(C)cc(C(C)(C)C)c1O)Cc1cc(C(C)(C)C)cc(C(C)(C)C)c1O.CCCN(Cc1cc(C)cc(C(C)(C)C)c1O)Cc1cc(C(C)(C)C)cc(C(C)(C)C)c1O.[CH2-]c1ccccc1.[CH2-]c1ccccc1.[CH2-]c1ccccc1.[CH2-]c1ccccc1.[CH2-]c1ccccc1.[CH2-]c1ccccc1.[Zr+3].[Zr+3].[Zr+3]. The number of phenolic OH excluding ortho intramolecular Hbond substituents is 6. The van der Waals surface area contributed by atoms with E-state index in [0.29, 0.717) is 80.3 Å². The van der Waals surface area contributed by atoms with Crippen LogP contribution >= 0.6 is 0 Å². The first-order valence-electron chi connectivity index (χ1n) is 50.4. The van der Waals surface area contributed by atoms with E-state index in [1.54, 1.807) is 0 Å². The van der Waals surface area contributed by atoms with Crippen molar-refractivity contribution in [1.82, 2.24) is 14.7 Å². The summed E-state index contributed by atoms with van der Waals surface area (Å²) in [4.78, 5) is 6.87. The van der Waals surface area contributed by atoms with Crippen molar-refractivity contribution in [2.75, 3.05) is 19.6 Å². The predicted molar refractivity (Wildman–Crippen MR) is 614 cm³/mol. The number of hydrogen-bond donors (Lipinski definition) is 6. The summed E-state index contributed by atoms with van der Waals surface area (Å²) >= 11 is 0. The Morgan fingerprint density at radius 2 is 0.407 bits per heavy atom. The molecule has 0 unspecified atom stereocenters. The average Bonchev–Trinajstić information content (AvgIpc) is 0.786. The molecular weight excluding hydrogens is 2010 g/mol. The Morgan fingerprint density at radius 3 is 0.559 bits per heavy atom. The Hall–Kier alpha value is -9.33. The first-order valence-corrected chi connectivity index (χ1v) is 50.4. The molecule has 773 valence electrons. The van der Waals surface area contributed by atoms with Gasteiger partial charge < -0.3 is 30.6 Å². The second-order valence-electron chi connectivity index (χ2n) is 47.2. The molecule has 0 aromatic heterocycles. The van der Waals surface area contributed by atoms with Gasteiger partial charge >= 0.3 is 78.6 Å². The summed E-state index contributed by atoms with van der Waals surface area (Å²) in [7, 11) is 0. The van der Waals surface area contributed by atoms with Crippen LogP contribution in [0.15, 0.2) is 280 Å². The molecule has 9 nitrogen and oxygen atoms in total. The molecule has 12 aromatic carbocycles. The van der Waals surface area contributed by atoms with Crippen LogP contribution in [-0.2, 0) is 167 Å². The summed E-state index contributed by atoms with van der Waals surface area (Å²) in [6.07, 6.45) is 5.65. The van der Waals surface area contributed by atoms with Gasteiger partial charge in [-0.2, -0.15) is 148 Å². The zero-order valence-corrected chi connectivity index (χ0v) is 102. The zero-order chi connectivity index (χ0) is 107. The van der Waals surface area contributed by atoms with E-state index >= 15 is 0 Å². The Labute approximate surface area is 940 Å². The number of aryl methyl sites for hydroxylation is 3. The van der Waals surface area contributed by atoms with E-state index in [-0.39, 0.29) is 127 Å². The minimum Gasteiger partial charge on any atom is -0.507 e. The third kappa shape index (κ3) is 47.8. The molecule has 12 rings (SSSR count). The van der Waals surface area contributed by atoms with Crippen molar-refractivity contribution in [2.45, 2.75) is 315 Å². The predicted octanol–water partition coefficient (Wildman–Crippen LogP) is 34.3. The van der Waals surface area contributed by atoms with Crippen molar-refractivity contribution in [3.05, 3.63) is 455 Å². The molecule has 0 aliphatic heterocycles. The van der Waals surface area contributed by atoms with E-state index in [1.807, 2.05) is 194 Å². The van der Waals surface area contributed by atoms with E-state index in [1.165, 1.54) is 16.7 Å². The maximum absolute atomic E-state index is 11.3. The molecule has 145 heavy (non-hydrogen) atoms. The van der Waals surface area contributed by atoms with Crippen LogP contribution in [0.3, 0.4) is 0 Å². The van der Waals surface area contributed by atoms with Gasteiger partial charge in [-0.05, 0) is 139 Å². The Kier molecular flexibility index (Phi) is 56.2. The van der Waals surface area contributed by atoms with Gasteiger partial charge in [0.1, 0.15) is 34.5 Å². The summed E-state index contributed by atoms with van der Waals surface area (Å²) in [6.45, 7) is 103. The van der Waals surface area contributed by atoms with Crippen LogP contribution < -0.4 is 0 Å². The molecule has 0 heterocycles. The molecule has 0 bridgehead atoms. The molecule has 0 saturated heterocycles. The molecule has 0 spiro atoms. The molecular formula is C133H181N3O6Zr3+3. The van der Waals surface area contributed by atoms with Crippen molar-refractivity contribution < 1.29 is 109 Å². The molecule has 0 fully saturated rings. The largest absolute Gasteiger partial charge is 3.00 e. The second kappa shape index (κ2) is 61.0. The smallest absolute Gasteiger partial charge is 0.507 e. The standard InChI is InChI=1S/C31H47NO2.C30H47NO2.C30H45NO2.6C7H7.3Zr/c1-12-13-14-32(19-22-15-21(2)16-25(27(22)33)30(6,7)8)20-23-17-24(29(3,4)5)18-26(28(23)34)31(9,10)11;2*1-12-13-31(18-21-14-20(2)15-24(26(21)32)29(6,7)8)19-22-16-23(28(3,4)5)17-25(27(22)33)30(9,10)11;6*1-7-5-3-2-4-6-7;;;/h12,15-18,33-34H,1,13-14,19-20H2,2-11H3;14-17,32-33H,12-13,18-19H2,1-11H3;12,14-17,32-33H,1,13,18-19H2,2-11H3;6*2-6H,1H2;;;/q;;;6*-1;3*+3. The summed E-state index contributed by atoms with van der Waals surface area (Å²) < 4.78 is 0. The molecule has 12 aromatic rings. The summed E-state index contributed by atoms with van der Waals surface area (Å²) in [5.41, 5.74) is 24.1. The Bertz CT molecular complexity index is 5500. The van der Waals surface area contributed by atoms with E-state index in [0.717, 1.165) is 143 Å². The van der Waals surface area contributed by atoms with Gasteiger partial charge in [-0.15, -0.1) is 86.0 Å². The fourth-order valence-electron chi connectivity index (χ4n) is 15.8. The minimum absolute atomic E-state index is 0. The second-order valence-corrected chi connectivity index (χ2v) is 47.2. The number of phenols is 6. The molecule has 0 atom stereocenters. The van der Waals surface area contributed by atoms with Crippen LogP contribution in [0.4, 0.5) is 0 Å². The van der Waals surface area contributed by atoms with Crippen molar-refractivity contribution in [3.8, 4) is 34.5 Å². The summed E-state index contributed by atoms with van der Waals surface area (Å²) in [5.74, 6) is 2.30. The maximum atomic E-state index is 11.3. The summed E-state index contributed by atoms with van der Waals surface area (Å²) in [5, 5.41) is 67.2. The van der Waals surface area contributed by atoms with E-state index in [4.69, 9.17) is 0 Å². The number of aromatic hydroxyl groups is 6. The van der Waals surface area contributed by atoms with Gasteiger partial charge in [0.25, 0.3) is 0 Å². The third-order valence-electron chi connectivity index (χ3n) is 24.0. The van der Waals surface area contributed by atoms with Gasteiger partial charge in [-0.1, -0.05) is 332 Å². The maximum Gasteiger partial charge on any atom is 3.00 e. The third-order valence-corrected chi connectivity index (χ3v) is 24.0. The fourth-order valence-corrected chi connectivity index (χ4v) is 15.8. The number of nitrogens with zero attached hydrogens (tertiary/aromatic N) is 3. The number of rotatable bonds is 19. The normalized spacial score (nSPS) is 11.4. The summed E-state index contributed by atoms with van der Waals surface area (Å²) in [6, 6.07) is 84.7. The van der Waals surface area contributed by atoms with Gasteiger partial charge in [0.2, 0.25) is 0 Å². The van der Waals surface area contributed by atoms with Gasteiger partial charge in [-0.25, -0.2) is 0 Å². The molecule has 12 heteroatoms. The van der Waals surface area contributed by atoms with Crippen LogP contribution in [-0.4, -0.2) is 65.0 Å². The monoisotopic (exact) mass is 2190 g/mol. The van der Waals surface area contributed by atoms with Crippen molar-refractivity contribution in [1.29, 1.82) is 0 Å². The van der Waals surface area contributed by atoms with Crippen LogP contribution in [0.25, 0.3) is 0 Å². The van der Waals surface area contributed by atoms with E-state index in [2.05, 4.69) is 357 Å². The molecule has 0 aliphatic carbocycles. The minimum atomic E-state index is -0.167.